The Bertz CT molecular complexity index is 110. The zero-order chi connectivity index (χ0) is 7.61. The molecule has 1 aliphatic carbocycles. The van der Waals surface area contributed by atoms with E-state index in [1.54, 1.807) is 0 Å². The van der Waals surface area contributed by atoms with Crippen molar-refractivity contribution in [2.45, 2.75) is 36.4 Å². The van der Waals surface area contributed by atoms with E-state index in [2.05, 4.69) is 6.92 Å². The van der Waals surface area contributed by atoms with Crippen molar-refractivity contribution in [1.29, 1.82) is 0 Å². The lowest BCUT2D eigenvalue weighted by molar-refractivity contribution is 0.505. The molecule has 10 heavy (non-hydrogen) atoms. The van der Waals surface area contributed by atoms with Gasteiger partial charge in [-0.05, 0) is 25.2 Å². The Morgan fingerprint density at radius 2 is 2.20 bits per heavy atom. The molecular formula is C8H13Cl2. The molecule has 1 aliphatic rings. The van der Waals surface area contributed by atoms with Crippen LogP contribution in [0.1, 0.15) is 32.1 Å². The molecule has 1 fully saturated rings. The van der Waals surface area contributed by atoms with Crippen molar-refractivity contribution >= 4 is 23.2 Å². The summed E-state index contributed by atoms with van der Waals surface area (Å²) in [4.78, 5) is 0. The first-order valence-electron chi connectivity index (χ1n) is 3.81. The lowest BCUT2D eigenvalue weighted by Crippen LogP contribution is -2.05. The second-order valence-electron chi connectivity index (χ2n) is 3.11. The van der Waals surface area contributed by atoms with Crippen LogP contribution in [0.15, 0.2) is 0 Å². The largest absolute Gasteiger partial charge is 0.118 e. The SMILES string of the molecule is [CH2]CCC1CCC(Cl)(Cl)C1. The predicted octanol–water partition coefficient (Wildman–Crippen LogP) is 3.57. The molecule has 0 aromatic carbocycles. The summed E-state index contributed by atoms with van der Waals surface area (Å²) >= 11 is 11.9. The van der Waals surface area contributed by atoms with E-state index >= 15 is 0 Å². The maximum atomic E-state index is 5.94. The van der Waals surface area contributed by atoms with Crippen molar-refractivity contribution in [3.63, 3.8) is 0 Å². The molecule has 0 nitrogen and oxygen atoms in total. The number of halogens is 2. The summed E-state index contributed by atoms with van der Waals surface area (Å²) in [6.07, 6.45) is 5.30. The molecular weight excluding hydrogens is 167 g/mol. The maximum absolute atomic E-state index is 5.94. The topological polar surface area (TPSA) is 0 Å². The van der Waals surface area contributed by atoms with E-state index in [-0.39, 0.29) is 0 Å². The van der Waals surface area contributed by atoms with Crippen LogP contribution >= 0.6 is 23.2 Å². The van der Waals surface area contributed by atoms with Crippen molar-refractivity contribution in [3.8, 4) is 0 Å². The van der Waals surface area contributed by atoms with E-state index in [0.717, 1.165) is 25.2 Å². The smallest absolute Gasteiger partial charge is 0.102 e. The van der Waals surface area contributed by atoms with Crippen molar-refractivity contribution in [1.82, 2.24) is 0 Å². The van der Waals surface area contributed by atoms with E-state index in [1.165, 1.54) is 12.8 Å². The molecule has 0 amide bonds. The number of alkyl halides is 2. The fourth-order valence-corrected chi connectivity index (χ4v) is 2.23. The van der Waals surface area contributed by atoms with Crippen LogP contribution in [0.2, 0.25) is 0 Å². The van der Waals surface area contributed by atoms with Gasteiger partial charge in [-0.2, -0.15) is 0 Å². The Morgan fingerprint density at radius 1 is 1.50 bits per heavy atom. The molecule has 0 aromatic rings. The zero-order valence-electron chi connectivity index (χ0n) is 6.08. The third-order valence-electron chi connectivity index (χ3n) is 2.12. The Labute approximate surface area is 72.9 Å². The highest BCUT2D eigenvalue weighted by Gasteiger charge is 2.34. The van der Waals surface area contributed by atoms with Gasteiger partial charge in [0, 0.05) is 0 Å². The lowest BCUT2D eigenvalue weighted by Gasteiger charge is -2.10. The second-order valence-corrected chi connectivity index (χ2v) is 4.75. The van der Waals surface area contributed by atoms with Crippen LogP contribution in [-0.4, -0.2) is 4.33 Å². The molecule has 2 heteroatoms. The van der Waals surface area contributed by atoms with Gasteiger partial charge in [-0.25, -0.2) is 0 Å². The van der Waals surface area contributed by atoms with Gasteiger partial charge in [0.15, 0.2) is 0 Å². The minimum atomic E-state index is -0.417. The minimum Gasteiger partial charge on any atom is -0.102 e. The third-order valence-corrected chi connectivity index (χ3v) is 2.80. The van der Waals surface area contributed by atoms with Gasteiger partial charge in [0.25, 0.3) is 0 Å². The van der Waals surface area contributed by atoms with Gasteiger partial charge >= 0.3 is 0 Å². The van der Waals surface area contributed by atoms with Crippen LogP contribution in [0.5, 0.6) is 0 Å². The van der Waals surface area contributed by atoms with Crippen LogP contribution in [-0.2, 0) is 0 Å². The molecule has 1 unspecified atom stereocenters. The Balaban J connectivity index is 2.29. The molecule has 0 aromatic heterocycles. The van der Waals surface area contributed by atoms with Gasteiger partial charge < -0.3 is 0 Å². The van der Waals surface area contributed by atoms with Gasteiger partial charge in [0.05, 0.1) is 0 Å². The Hall–Kier alpha value is 0.580. The maximum Gasteiger partial charge on any atom is 0.118 e. The monoisotopic (exact) mass is 179 g/mol. The minimum absolute atomic E-state index is 0.417. The van der Waals surface area contributed by atoms with Crippen molar-refractivity contribution in [2.75, 3.05) is 0 Å². The highest BCUT2D eigenvalue weighted by Crippen LogP contribution is 2.44. The van der Waals surface area contributed by atoms with Crippen LogP contribution in [0.4, 0.5) is 0 Å². The number of hydrogen-bond acceptors (Lipinski definition) is 0. The fourth-order valence-electron chi connectivity index (χ4n) is 1.58. The molecule has 0 saturated heterocycles. The highest BCUT2D eigenvalue weighted by molar-refractivity contribution is 6.48. The van der Waals surface area contributed by atoms with Crippen molar-refractivity contribution < 1.29 is 0 Å². The average Bonchev–Trinajstić information content (AvgIpc) is 2.12. The normalized spacial score (nSPS) is 30.9. The third kappa shape index (κ3) is 2.32. The molecule has 59 valence electrons. The zero-order valence-corrected chi connectivity index (χ0v) is 7.59. The van der Waals surface area contributed by atoms with E-state index in [9.17, 15) is 0 Å². The van der Waals surface area contributed by atoms with Crippen molar-refractivity contribution in [2.24, 2.45) is 5.92 Å². The average molecular weight is 180 g/mol. The second kappa shape index (κ2) is 3.32. The summed E-state index contributed by atoms with van der Waals surface area (Å²) in [5, 5.41) is 0. The first-order chi connectivity index (χ1) is 4.64. The van der Waals surface area contributed by atoms with Gasteiger partial charge in [-0.3, -0.25) is 0 Å². The van der Waals surface area contributed by atoms with Gasteiger partial charge in [-0.15, -0.1) is 23.2 Å². The number of hydrogen-bond donors (Lipinski definition) is 0. The molecule has 1 rings (SSSR count). The molecule has 0 heterocycles. The highest BCUT2D eigenvalue weighted by atomic mass is 35.5. The van der Waals surface area contributed by atoms with Crippen LogP contribution in [0.25, 0.3) is 0 Å². The first kappa shape index (κ1) is 8.67. The van der Waals surface area contributed by atoms with Crippen LogP contribution < -0.4 is 0 Å². The van der Waals surface area contributed by atoms with Crippen molar-refractivity contribution in [3.05, 3.63) is 6.92 Å². The summed E-state index contributed by atoms with van der Waals surface area (Å²) in [5.74, 6) is 0.729. The summed E-state index contributed by atoms with van der Waals surface area (Å²) in [5.41, 5.74) is 0. The quantitative estimate of drug-likeness (QED) is 0.569. The molecule has 1 atom stereocenters. The van der Waals surface area contributed by atoms with Gasteiger partial charge in [-0.1, -0.05) is 19.8 Å². The summed E-state index contributed by atoms with van der Waals surface area (Å²) in [6.45, 7) is 3.81. The fraction of sp³-hybridized carbons (Fsp3) is 0.875. The molecule has 0 spiro atoms. The first-order valence-corrected chi connectivity index (χ1v) is 4.57. The Morgan fingerprint density at radius 3 is 2.60 bits per heavy atom. The summed E-state index contributed by atoms with van der Waals surface area (Å²) in [7, 11) is 0. The predicted molar refractivity (Wildman–Crippen MR) is 46.4 cm³/mol. The lowest BCUT2D eigenvalue weighted by atomic mass is 10.0. The Kier molecular flexibility index (Phi) is 2.88. The van der Waals surface area contributed by atoms with E-state index in [0.29, 0.717) is 0 Å². The standard InChI is InChI=1S/C8H13Cl2/c1-2-3-7-4-5-8(9,10)6-7/h7H,1-6H2. The molecule has 0 aliphatic heterocycles. The van der Waals surface area contributed by atoms with E-state index in [4.69, 9.17) is 23.2 Å². The van der Waals surface area contributed by atoms with Crippen LogP contribution in [0.3, 0.4) is 0 Å². The summed E-state index contributed by atoms with van der Waals surface area (Å²) in [6, 6.07) is 0. The molecule has 0 N–H and O–H groups in total. The molecule has 1 radical (unpaired) electrons. The summed E-state index contributed by atoms with van der Waals surface area (Å²) < 4.78 is -0.417. The number of rotatable bonds is 2. The van der Waals surface area contributed by atoms with E-state index < -0.39 is 4.33 Å². The molecule has 1 saturated carbocycles. The van der Waals surface area contributed by atoms with E-state index in [1.807, 2.05) is 0 Å². The van der Waals surface area contributed by atoms with Gasteiger partial charge in [0.2, 0.25) is 0 Å². The van der Waals surface area contributed by atoms with Gasteiger partial charge in [0.1, 0.15) is 4.33 Å². The van der Waals surface area contributed by atoms with Crippen LogP contribution in [0, 0.1) is 12.8 Å². The molecule has 0 bridgehead atoms.